The van der Waals surface area contributed by atoms with Crippen molar-refractivity contribution < 1.29 is 19.2 Å². The number of anilines is 1. The van der Waals surface area contributed by atoms with Crippen molar-refractivity contribution >= 4 is 40.4 Å². The number of nitrogens with zero attached hydrogens (tertiary/aromatic N) is 3. The number of rotatable bonds is 5. The maximum Gasteiger partial charge on any atom is 0.275 e. The maximum absolute atomic E-state index is 13.4. The lowest BCUT2D eigenvalue weighted by Gasteiger charge is -2.31. The van der Waals surface area contributed by atoms with Crippen molar-refractivity contribution in [2.75, 3.05) is 18.4 Å². The van der Waals surface area contributed by atoms with Crippen LogP contribution in [0.25, 0.3) is 11.3 Å². The number of amides is 2. The van der Waals surface area contributed by atoms with Gasteiger partial charge in [-0.25, -0.2) is 4.98 Å². The van der Waals surface area contributed by atoms with Gasteiger partial charge < -0.3 is 19.8 Å². The monoisotopic (exact) mass is 550 g/mol. The minimum Gasteiger partial charge on any atom is -0.508 e. The lowest BCUT2D eigenvalue weighted by atomic mass is 9.96. The number of thiazole rings is 1. The Balaban J connectivity index is 1.24. The van der Waals surface area contributed by atoms with Gasteiger partial charge in [0.2, 0.25) is 0 Å². The van der Waals surface area contributed by atoms with Gasteiger partial charge in [0.1, 0.15) is 28.5 Å². The van der Waals surface area contributed by atoms with Gasteiger partial charge in [-0.05, 0) is 69.0 Å². The van der Waals surface area contributed by atoms with Crippen LogP contribution < -0.4 is 5.32 Å². The standard InChI is InChI=1S/C28H27ClN4O4S/c1-15-16(2)23(34)9-8-21(15)30-26(35)22-14-38-27(31-22)19-10-12-33(13-11-19)28(36)24-17(3)37-32-25(24)18-4-6-20(29)7-5-18/h4-9,14,19,34H,10-13H2,1-3H3,(H,30,35). The number of carbonyl (C=O) groups is 2. The van der Waals surface area contributed by atoms with E-state index in [0.717, 1.165) is 34.5 Å². The summed E-state index contributed by atoms with van der Waals surface area (Å²) in [7, 11) is 0. The number of aromatic nitrogens is 2. The Morgan fingerprint density at radius 1 is 1.08 bits per heavy atom. The molecule has 3 heterocycles. The van der Waals surface area contributed by atoms with Gasteiger partial charge in [-0.15, -0.1) is 11.3 Å². The second-order valence-corrected chi connectivity index (χ2v) is 10.8. The van der Waals surface area contributed by atoms with Crippen LogP contribution in [0.1, 0.15) is 61.5 Å². The number of likely N-dealkylation sites (tertiary alicyclic amines) is 1. The molecule has 8 nitrogen and oxygen atoms in total. The van der Waals surface area contributed by atoms with E-state index in [2.05, 4.69) is 15.5 Å². The predicted octanol–water partition coefficient (Wildman–Crippen LogP) is 6.35. The predicted molar refractivity (Wildman–Crippen MR) is 147 cm³/mol. The fraction of sp³-hybridized carbons (Fsp3) is 0.286. The molecule has 2 aromatic carbocycles. The topological polar surface area (TPSA) is 109 Å². The first kappa shape index (κ1) is 25.9. The first-order chi connectivity index (χ1) is 18.2. The van der Waals surface area contributed by atoms with Crippen LogP contribution in [0, 0.1) is 20.8 Å². The summed E-state index contributed by atoms with van der Waals surface area (Å²) in [5.41, 5.74) is 4.31. The van der Waals surface area contributed by atoms with Gasteiger partial charge in [-0.1, -0.05) is 28.9 Å². The number of aryl methyl sites for hydroxylation is 1. The molecule has 38 heavy (non-hydrogen) atoms. The molecule has 0 spiro atoms. The number of nitrogens with one attached hydrogen (secondary N) is 1. The number of halogens is 1. The number of aromatic hydroxyl groups is 1. The first-order valence-corrected chi connectivity index (χ1v) is 13.6. The molecule has 1 saturated heterocycles. The molecule has 0 radical (unpaired) electrons. The fourth-order valence-corrected chi connectivity index (χ4v) is 5.72. The van der Waals surface area contributed by atoms with Crippen molar-refractivity contribution in [3.05, 3.63) is 80.0 Å². The molecule has 1 fully saturated rings. The Kier molecular flexibility index (Phi) is 7.23. The number of benzene rings is 2. The highest BCUT2D eigenvalue weighted by molar-refractivity contribution is 7.10. The van der Waals surface area contributed by atoms with Gasteiger partial charge in [0, 0.05) is 40.7 Å². The van der Waals surface area contributed by atoms with Gasteiger partial charge in [0.25, 0.3) is 11.8 Å². The molecule has 10 heteroatoms. The lowest BCUT2D eigenvalue weighted by Crippen LogP contribution is -2.38. The van der Waals surface area contributed by atoms with Crippen molar-refractivity contribution in [2.45, 2.75) is 39.5 Å². The SMILES string of the molecule is Cc1onc(-c2ccc(Cl)cc2)c1C(=O)N1CCC(c2nc(C(=O)Nc3ccc(O)c(C)c3C)cs2)CC1. The summed E-state index contributed by atoms with van der Waals surface area (Å²) in [5.74, 6) is 0.456. The average Bonchev–Trinajstić information content (AvgIpc) is 3.57. The summed E-state index contributed by atoms with van der Waals surface area (Å²) >= 11 is 7.48. The minimum absolute atomic E-state index is 0.106. The van der Waals surface area contributed by atoms with E-state index in [-0.39, 0.29) is 23.5 Å². The van der Waals surface area contributed by atoms with Crippen molar-refractivity contribution in [1.82, 2.24) is 15.0 Å². The molecule has 0 saturated carbocycles. The zero-order valence-corrected chi connectivity index (χ0v) is 22.8. The van der Waals surface area contributed by atoms with Crippen LogP contribution in [0.5, 0.6) is 5.75 Å². The number of hydrogen-bond donors (Lipinski definition) is 2. The normalized spacial score (nSPS) is 14.1. The number of phenols is 1. The molecule has 0 unspecified atom stereocenters. The smallest absolute Gasteiger partial charge is 0.275 e. The molecule has 2 amide bonds. The third-order valence-corrected chi connectivity index (χ3v) is 8.35. The Hall–Kier alpha value is -3.69. The minimum atomic E-state index is -0.286. The summed E-state index contributed by atoms with van der Waals surface area (Å²) < 4.78 is 5.38. The number of piperidine rings is 1. The van der Waals surface area contributed by atoms with E-state index >= 15 is 0 Å². The summed E-state index contributed by atoms with van der Waals surface area (Å²) in [5, 5.41) is 20.2. The van der Waals surface area contributed by atoms with E-state index in [9.17, 15) is 14.7 Å². The Morgan fingerprint density at radius 3 is 2.50 bits per heavy atom. The Labute approximate surface area is 229 Å². The molecular weight excluding hydrogens is 524 g/mol. The van der Waals surface area contributed by atoms with E-state index in [4.69, 9.17) is 16.1 Å². The zero-order chi connectivity index (χ0) is 27.0. The molecule has 196 valence electrons. The van der Waals surface area contributed by atoms with E-state index < -0.39 is 0 Å². The van der Waals surface area contributed by atoms with Crippen LogP contribution in [-0.2, 0) is 0 Å². The van der Waals surface area contributed by atoms with E-state index in [0.29, 0.717) is 46.5 Å². The summed E-state index contributed by atoms with van der Waals surface area (Å²) in [6.07, 6.45) is 1.49. The highest BCUT2D eigenvalue weighted by Gasteiger charge is 2.31. The molecule has 0 aliphatic carbocycles. The third-order valence-electron chi connectivity index (χ3n) is 7.09. The van der Waals surface area contributed by atoms with Crippen LogP contribution >= 0.6 is 22.9 Å². The van der Waals surface area contributed by atoms with Crippen LogP contribution in [0.15, 0.2) is 46.3 Å². The van der Waals surface area contributed by atoms with Gasteiger partial charge in [-0.2, -0.15) is 0 Å². The molecule has 0 bridgehead atoms. The molecule has 4 aromatic rings. The van der Waals surface area contributed by atoms with Crippen molar-refractivity contribution in [1.29, 1.82) is 0 Å². The highest BCUT2D eigenvalue weighted by Crippen LogP contribution is 2.33. The average molecular weight is 551 g/mol. The lowest BCUT2D eigenvalue weighted by molar-refractivity contribution is 0.0711. The highest BCUT2D eigenvalue weighted by atomic mass is 35.5. The maximum atomic E-state index is 13.4. The van der Waals surface area contributed by atoms with Gasteiger partial charge >= 0.3 is 0 Å². The number of hydrogen-bond acceptors (Lipinski definition) is 7. The first-order valence-electron chi connectivity index (χ1n) is 12.3. The van der Waals surface area contributed by atoms with Crippen LogP contribution in [-0.4, -0.2) is 45.1 Å². The van der Waals surface area contributed by atoms with E-state index in [1.807, 2.05) is 24.0 Å². The molecule has 1 aliphatic rings. The summed E-state index contributed by atoms with van der Waals surface area (Å²) in [4.78, 5) is 32.7. The summed E-state index contributed by atoms with van der Waals surface area (Å²) in [6, 6.07) is 10.4. The van der Waals surface area contributed by atoms with Crippen LogP contribution in [0.4, 0.5) is 5.69 Å². The number of phenolic OH excluding ortho intramolecular Hbond substituents is 1. The molecule has 5 rings (SSSR count). The molecule has 0 atom stereocenters. The van der Waals surface area contributed by atoms with Gasteiger partial charge in [0.15, 0.2) is 0 Å². The Morgan fingerprint density at radius 2 is 1.79 bits per heavy atom. The van der Waals surface area contributed by atoms with E-state index in [1.54, 1.807) is 43.5 Å². The van der Waals surface area contributed by atoms with Gasteiger partial charge in [-0.3, -0.25) is 9.59 Å². The zero-order valence-electron chi connectivity index (χ0n) is 21.2. The van der Waals surface area contributed by atoms with E-state index in [1.165, 1.54) is 11.3 Å². The quantitative estimate of drug-likeness (QED) is 0.280. The second kappa shape index (κ2) is 10.6. The van der Waals surface area contributed by atoms with Crippen LogP contribution in [0.2, 0.25) is 5.02 Å². The molecule has 2 aromatic heterocycles. The molecule has 2 N–H and O–H groups in total. The molecular formula is C28H27ClN4O4S. The summed E-state index contributed by atoms with van der Waals surface area (Å²) in [6.45, 7) is 6.55. The Bertz CT molecular complexity index is 1500. The van der Waals surface area contributed by atoms with Crippen molar-refractivity contribution in [3.63, 3.8) is 0 Å². The largest absolute Gasteiger partial charge is 0.508 e. The third kappa shape index (κ3) is 5.04. The van der Waals surface area contributed by atoms with Crippen LogP contribution in [0.3, 0.4) is 0 Å². The number of carbonyl (C=O) groups excluding carboxylic acids is 2. The molecule has 1 aliphatic heterocycles. The van der Waals surface area contributed by atoms with Crippen molar-refractivity contribution in [3.8, 4) is 17.0 Å². The fourth-order valence-electron chi connectivity index (χ4n) is 4.62. The second-order valence-electron chi connectivity index (χ2n) is 9.44. The van der Waals surface area contributed by atoms with Crippen molar-refractivity contribution in [2.24, 2.45) is 0 Å². The van der Waals surface area contributed by atoms with Gasteiger partial charge in [0.05, 0.1) is 5.01 Å².